The molecule has 0 aromatic carbocycles. The molecule has 0 amide bonds. The summed E-state index contributed by atoms with van der Waals surface area (Å²) in [7, 11) is 0. The Hall–Kier alpha value is -0.990. The maximum Gasteiger partial charge on any atom is 0.203 e. The maximum atomic E-state index is 4.68. The van der Waals surface area contributed by atoms with Crippen molar-refractivity contribution in [3.05, 3.63) is 11.9 Å². The molecule has 1 heterocycles. The number of rotatable bonds is 6. The number of hydrogen-bond donors (Lipinski definition) is 1. The summed E-state index contributed by atoms with van der Waals surface area (Å²) in [5.74, 6) is 1.85. The van der Waals surface area contributed by atoms with Crippen molar-refractivity contribution in [2.24, 2.45) is 5.92 Å². The maximum absolute atomic E-state index is 4.68. The molecule has 0 atom stereocenters. The van der Waals surface area contributed by atoms with Gasteiger partial charge in [-0.05, 0) is 25.7 Å². The van der Waals surface area contributed by atoms with Gasteiger partial charge in [0.15, 0.2) is 0 Å². The van der Waals surface area contributed by atoms with Gasteiger partial charge in [0.2, 0.25) is 5.95 Å². The molecular formula is C16H29N3. The fraction of sp³-hybridized carbons (Fsp3) is 0.812. The fourth-order valence-electron chi connectivity index (χ4n) is 3.10. The smallest absolute Gasteiger partial charge is 0.203 e. The second-order valence-electron chi connectivity index (χ2n) is 5.97. The first kappa shape index (κ1) is 14.4. The third-order valence-corrected chi connectivity index (χ3v) is 4.52. The van der Waals surface area contributed by atoms with Gasteiger partial charge in [0.05, 0.1) is 5.69 Å². The van der Waals surface area contributed by atoms with E-state index in [4.69, 9.17) is 0 Å². The van der Waals surface area contributed by atoms with Gasteiger partial charge in [-0.25, -0.2) is 4.98 Å². The van der Waals surface area contributed by atoms with Gasteiger partial charge in [0.1, 0.15) is 0 Å². The van der Waals surface area contributed by atoms with Crippen LogP contribution in [0.1, 0.15) is 70.5 Å². The van der Waals surface area contributed by atoms with Crippen LogP contribution in [0.3, 0.4) is 0 Å². The molecule has 1 aliphatic carbocycles. The van der Waals surface area contributed by atoms with Crippen LogP contribution in [-0.4, -0.2) is 16.1 Å². The Morgan fingerprint density at radius 2 is 1.95 bits per heavy atom. The molecule has 0 radical (unpaired) electrons. The highest BCUT2D eigenvalue weighted by Crippen LogP contribution is 2.30. The van der Waals surface area contributed by atoms with Crippen molar-refractivity contribution in [2.75, 3.05) is 11.9 Å². The molecule has 0 spiro atoms. The van der Waals surface area contributed by atoms with E-state index < -0.39 is 0 Å². The number of aryl methyl sites for hydroxylation is 1. The van der Waals surface area contributed by atoms with Crippen LogP contribution in [0.25, 0.3) is 0 Å². The molecule has 1 fully saturated rings. The van der Waals surface area contributed by atoms with E-state index in [2.05, 4.69) is 41.8 Å². The van der Waals surface area contributed by atoms with E-state index >= 15 is 0 Å². The molecule has 2 rings (SSSR count). The highest BCUT2D eigenvalue weighted by atomic mass is 15.2. The molecule has 0 bridgehead atoms. The average Bonchev–Trinajstić information content (AvgIpc) is 2.82. The van der Waals surface area contributed by atoms with Gasteiger partial charge in [-0.2, -0.15) is 0 Å². The molecule has 0 aliphatic heterocycles. The Balaban J connectivity index is 2.02. The van der Waals surface area contributed by atoms with Crippen molar-refractivity contribution in [1.82, 2.24) is 9.55 Å². The van der Waals surface area contributed by atoms with Crippen LogP contribution in [0.2, 0.25) is 0 Å². The van der Waals surface area contributed by atoms with Crippen molar-refractivity contribution in [3.8, 4) is 0 Å². The van der Waals surface area contributed by atoms with E-state index in [9.17, 15) is 0 Å². The molecule has 3 heteroatoms. The Bertz CT molecular complexity index is 373. The number of aromatic nitrogens is 2. The van der Waals surface area contributed by atoms with E-state index in [0.29, 0.717) is 6.04 Å². The molecule has 1 saturated carbocycles. The fourth-order valence-corrected chi connectivity index (χ4v) is 3.10. The molecule has 1 aliphatic rings. The average molecular weight is 263 g/mol. The summed E-state index contributed by atoms with van der Waals surface area (Å²) < 4.78 is 2.40. The van der Waals surface area contributed by atoms with Crippen LogP contribution in [0.15, 0.2) is 6.20 Å². The van der Waals surface area contributed by atoms with E-state index in [1.807, 2.05) is 0 Å². The van der Waals surface area contributed by atoms with E-state index in [0.717, 1.165) is 24.1 Å². The summed E-state index contributed by atoms with van der Waals surface area (Å²) in [6.07, 6.45) is 11.5. The first-order valence-corrected chi connectivity index (χ1v) is 8.03. The second kappa shape index (κ2) is 6.97. The molecule has 108 valence electrons. The molecule has 0 unspecified atom stereocenters. The van der Waals surface area contributed by atoms with E-state index in [1.165, 1.54) is 44.9 Å². The molecule has 1 aromatic rings. The van der Waals surface area contributed by atoms with Crippen molar-refractivity contribution in [1.29, 1.82) is 0 Å². The van der Waals surface area contributed by atoms with Crippen LogP contribution in [-0.2, 0) is 0 Å². The molecule has 1 N–H and O–H groups in total. The Morgan fingerprint density at radius 1 is 1.26 bits per heavy atom. The van der Waals surface area contributed by atoms with Crippen LogP contribution in [0.5, 0.6) is 0 Å². The van der Waals surface area contributed by atoms with E-state index in [1.54, 1.807) is 0 Å². The highest BCUT2D eigenvalue weighted by Gasteiger charge is 2.19. The van der Waals surface area contributed by atoms with Crippen molar-refractivity contribution in [3.63, 3.8) is 0 Å². The minimum atomic E-state index is 0.666. The van der Waals surface area contributed by atoms with Gasteiger partial charge in [0.25, 0.3) is 0 Å². The highest BCUT2D eigenvalue weighted by molar-refractivity contribution is 5.29. The lowest BCUT2D eigenvalue weighted by molar-refractivity contribution is 0.355. The van der Waals surface area contributed by atoms with Crippen LogP contribution >= 0.6 is 0 Å². The topological polar surface area (TPSA) is 29.9 Å². The minimum Gasteiger partial charge on any atom is -0.355 e. The predicted molar refractivity (Wildman–Crippen MR) is 81.6 cm³/mol. The van der Waals surface area contributed by atoms with Gasteiger partial charge >= 0.3 is 0 Å². The molecule has 3 nitrogen and oxygen atoms in total. The number of anilines is 1. The summed E-state index contributed by atoms with van der Waals surface area (Å²) in [5, 5.41) is 3.59. The second-order valence-corrected chi connectivity index (χ2v) is 5.97. The van der Waals surface area contributed by atoms with E-state index in [-0.39, 0.29) is 0 Å². The van der Waals surface area contributed by atoms with Crippen molar-refractivity contribution >= 4 is 5.95 Å². The molecule has 19 heavy (non-hydrogen) atoms. The van der Waals surface area contributed by atoms with Crippen LogP contribution < -0.4 is 5.32 Å². The summed E-state index contributed by atoms with van der Waals surface area (Å²) >= 11 is 0. The predicted octanol–water partition coefficient (Wildman–Crippen LogP) is 4.54. The monoisotopic (exact) mass is 263 g/mol. The third-order valence-electron chi connectivity index (χ3n) is 4.52. The van der Waals surface area contributed by atoms with Crippen LogP contribution in [0, 0.1) is 12.8 Å². The van der Waals surface area contributed by atoms with Crippen molar-refractivity contribution in [2.45, 2.75) is 71.8 Å². The lowest BCUT2D eigenvalue weighted by Crippen LogP contribution is -2.19. The van der Waals surface area contributed by atoms with Gasteiger partial charge in [-0.1, -0.05) is 46.0 Å². The summed E-state index contributed by atoms with van der Waals surface area (Å²) in [4.78, 5) is 4.68. The van der Waals surface area contributed by atoms with Gasteiger partial charge in [-0.15, -0.1) is 0 Å². The SMILES string of the molecule is CCC(CC)CNc1nc(C)cn1C1CCCCC1. The summed E-state index contributed by atoms with van der Waals surface area (Å²) in [6, 6.07) is 0.666. The Kier molecular flexibility index (Phi) is 5.29. The Labute approximate surface area is 117 Å². The minimum absolute atomic E-state index is 0.666. The number of hydrogen-bond acceptors (Lipinski definition) is 2. The quantitative estimate of drug-likeness (QED) is 0.816. The zero-order chi connectivity index (χ0) is 13.7. The third kappa shape index (κ3) is 3.74. The first-order valence-electron chi connectivity index (χ1n) is 8.03. The standard InChI is InChI=1S/C16H29N3/c1-4-14(5-2)11-17-16-18-13(3)12-19(16)15-9-7-6-8-10-15/h12,14-15H,4-11H2,1-3H3,(H,17,18). The van der Waals surface area contributed by atoms with Gasteiger partial charge in [-0.3, -0.25) is 0 Å². The molecular weight excluding hydrogens is 234 g/mol. The molecule has 1 aromatic heterocycles. The zero-order valence-corrected chi connectivity index (χ0v) is 12.8. The number of nitrogens with zero attached hydrogens (tertiary/aromatic N) is 2. The first-order chi connectivity index (χ1) is 9.24. The number of nitrogens with one attached hydrogen (secondary N) is 1. The lowest BCUT2D eigenvalue weighted by atomic mass is 9.95. The lowest BCUT2D eigenvalue weighted by Gasteiger charge is -2.25. The van der Waals surface area contributed by atoms with Crippen molar-refractivity contribution < 1.29 is 0 Å². The van der Waals surface area contributed by atoms with Gasteiger partial charge in [0, 0.05) is 18.8 Å². The summed E-state index contributed by atoms with van der Waals surface area (Å²) in [5.41, 5.74) is 1.14. The molecule has 0 saturated heterocycles. The number of imidazole rings is 1. The van der Waals surface area contributed by atoms with Gasteiger partial charge < -0.3 is 9.88 Å². The summed E-state index contributed by atoms with van der Waals surface area (Å²) in [6.45, 7) is 7.70. The Morgan fingerprint density at radius 3 is 2.58 bits per heavy atom. The zero-order valence-electron chi connectivity index (χ0n) is 12.8. The largest absolute Gasteiger partial charge is 0.355 e. The normalized spacial score (nSPS) is 17.1. The van der Waals surface area contributed by atoms with Crippen LogP contribution in [0.4, 0.5) is 5.95 Å².